The van der Waals surface area contributed by atoms with E-state index in [2.05, 4.69) is 10.6 Å². The minimum absolute atomic E-state index is 0.127. The van der Waals surface area contributed by atoms with Crippen molar-refractivity contribution in [2.24, 2.45) is 5.92 Å². The van der Waals surface area contributed by atoms with Gasteiger partial charge in [0.1, 0.15) is 12.1 Å². The van der Waals surface area contributed by atoms with Gasteiger partial charge in [0.15, 0.2) is 6.61 Å². The molecular formula is C19H29N3O5. The Bertz CT molecular complexity index is 610. The molecule has 1 atom stereocenters. The predicted molar refractivity (Wildman–Crippen MR) is 96.6 cm³/mol. The Labute approximate surface area is 159 Å². The quantitative estimate of drug-likeness (QED) is 0.537. The third kappa shape index (κ3) is 4.78. The van der Waals surface area contributed by atoms with Gasteiger partial charge in [0.2, 0.25) is 0 Å². The Balaban J connectivity index is 1.42. The fourth-order valence-electron chi connectivity index (χ4n) is 3.99. The molecular weight excluding hydrogens is 350 g/mol. The van der Waals surface area contributed by atoms with Gasteiger partial charge >= 0.3 is 12.0 Å². The van der Waals surface area contributed by atoms with Crippen molar-refractivity contribution in [2.45, 2.75) is 76.3 Å². The minimum Gasteiger partial charge on any atom is -0.454 e. The molecule has 1 unspecified atom stereocenters. The first-order valence-electron chi connectivity index (χ1n) is 9.99. The fraction of sp³-hybridized carbons (Fsp3) is 0.789. The van der Waals surface area contributed by atoms with Crippen LogP contribution >= 0.6 is 0 Å². The maximum atomic E-state index is 12.5. The number of hydrogen-bond donors (Lipinski definition) is 2. The van der Waals surface area contributed by atoms with Gasteiger partial charge in [-0.2, -0.15) is 0 Å². The highest BCUT2D eigenvalue weighted by molar-refractivity contribution is 6.08. The van der Waals surface area contributed by atoms with Crippen LogP contribution in [-0.4, -0.2) is 53.4 Å². The average molecular weight is 379 g/mol. The highest BCUT2D eigenvalue weighted by atomic mass is 16.5. The molecule has 3 aliphatic rings. The van der Waals surface area contributed by atoms with E-state index in [-0.39, 0.29) is 17.9 Å². The molecule has 3 rings (SSSR count). The summed E-state index contributed by atoms with van der Waals surface area (Å²) >= 11 is 0. The second-order valence-electron chi connectivity index (χ2n) is 8.07. The maximum absolute atomic E-state index is 12.5. The third-order valence-electron chi connectivity index (χ3n) is 5.82. The van der Waals surface area contributed by atoms with Crippen molar-refractivity contribution in [3.63, 3.8) is 0 Å². The number of carbonyl (C=O) groups is 4. The first kappa shape index (κ1) is 19.6. The summed E-state index contributed by atoms with van der Waals surface area (Å²) in [6.45, 7) is 0.835. The second kappa shape index (κ2) is 8.27. The van der Waals surface area contributed by atoms with Crippen LogP contribution in [0.15, 0.2) is 0 Å². The zero-order valence-electron chi connectivity index (χ0n) is 15.9. The first-order chi connectivity index (χ1) is 12.9. The Hall–Kier alpha value is -2.12. The van der Waals surface area contributed by atoms with Gasteiger partial charge in [-0.1, -0.05) is 32.1 Å². The summed E-state index contributed by atoms with van der Waals surface area (Å²) in [6.07, 6.45) is 9.49. The number of rotatable bonds is 6. The Kier molecular flexibility index (Phi) is 6.01. The number of ether oxygens (including phenoxy) is 1. The molecule has 0 aromatic carbocycles. The van der Waals surface area contributed by atoms with E-state index in [9.17, 15) is 19.2 Å². The van der Waals surface area contributed by atoms with E-state index in [0.29, 0.717) is 0 Å². The van der Waals surface area contributed by atoms with Crippen LogP contribution in [0.3, 0.4) is 0 Å². The summed E-state index contributed by atoms with van der Waals surface area (Å²) in [6, 6.07) is -0.452. The number of amides is 4. The summed E-state index contributed by atoms with van der Waals surface area (Å²) in [5.74, 6) is -1.37. The zero-order valence-corrected chi connectivity index (χ0v) is 15.9. The molecule has 0 aromatic rings. The molecule has 2 N–H and O–H groups in total. The molecule has 3 fully saturated rings. The number of urea groups is 1. The lowest BCUT2D eigenvalue weighted by atomic mass is 9.96. The fourth-order valence-corrected chi connectivity index (χ4v) is 3.99. The highest BCUT2D eigenvalue weighted by Gasteiger charge is 2.56. The summed E-state index contributed by atoms with van der Waals surface area (Å²) in [7, 11) is 0. The minimum atomic E-state index is -0.924. The third-order valence-corrected chi connectivity index (χ3v) is 5.82. The molecule has 0 bridgehead atoms. The van der Waals surface area contributed by atoms with Crippen LogP contribution in [0.25, 0.3) is 0 Å². The molecule has 2 aliphatic carbocycles. The molecule has 8 heteroatoms. The molecule has 0 spiro atoms. The van der Waals surface area contributed by atoms with Crippen LogP contribution in [0.4, 0.5) is 4.79 Å². The molecule has 27 heavy (non-hydrogen) atoms. The number of hydrogen-bond acceptors (Lipinski definition) is 5. The van der Waals surface area contributed by atoms with Crippen molar-refractivity contribution in [3.05, 3.63) is 0 Å². The normalized spacial score (nSPS) is 26.9. The Morgan fingerprint density at radius 2 is 1.74 bits per heavy atom. The van der Waals surface area contributed by atoms with Crippen LogP contribution in [0.1, 0.15) is 64.7 Å². The molecule has 0 aromatic heterocycles. The molecule has 1 aliphatic heterocycles. The van der Waals surface area contributed by atoms with Crippen molar-refractivity contribution in [3.8, 4) is 0 Å². The monoisotopic (exact) mass is 379 g/mol. The van der Waals surface area contributed by atoms with Gasteiger partial charge in [-0.15, -0.1) is 0 Å². The van der Waals surface area contributed by atoms with Gasteiger partial charge in [0.05, 0.1) is 0 Å². The van der Waals surface area contributed by atoms with E-state index in [1.807, 2.05) is 0 Å². The number of imide groups is 1. The Morgan fingerprint density at radius 3 is 2.37 bits per heavy atom. The average Bonchev–Trinajstić information content (AvgIpc) is 3.42. The summed E-state index contributed by atoms with van der Waals surface area (Å²) in [5.41, 5.74) is -0.924. The van der Waals surface area contributed by atoms with Crippen molar-refractivity contribution in [2.75, 3.05) is 13.2 Å². The van der Waals surface area contributed by atoms with Crippen molar-refractivity contribution >= 4 is 23.8 Å². The number of esters is 1. The van der Waals surface area contributed by atoms with Crippen molar-refractivity contribution < 1.29 is 23.9 Å². The first-order valence-corrected chi connectivity index (χ1v) is 9.99. The van der Waals surface area contributed by atoms with Gasteiger partial charge in [-0.05, 0) is 38.5 Å². The van der Waals surface area contributed by atoms with Crippen LogP contribution in [0, 0.1) is 5.92 Å². The van der Waals surface area contributed by atoms with E-state index in [1.54, 1.807) is 6.92 Å². The van der Waals surface area contributed by atoms with Gasteiger partial charge in [-0.25, -0.2) is 4.79 Å². The largest absolute Gasteiger partial charge is 0.454 e. The second-order valence-corrected chi connectivity index (χ2v) is 8.07. The van der Waals surface area contributed by atoms with E-state index in [4.69, 9.17) is 4.74 Å². The number of carbonyl (C=O) groups excluding carboxylic acids is 4. The lowest BCUT2D eigenvalue weighted by Gasteiger charge is -2.21. The summed E-state index contributed by atoms with van der Waals surface area (Å²) in [5, 5.41) is 5.59. The van der Waals surface area contributed by atoms with Crippen molar-refractivity contribution in [1.29, 1.82) is 0 Å². The lowest BCUT2D eigenvalue weighted by molar-refractivity contribution is -0.151. The summed E-state index contributed by atoms with van der Waals surface area (Å²) in [4.78, 5) is 49.4. The van der Waals surface area contributed by atoms with E-state index >= 15 is 0 Å². The SMILES string of the molecule is CC1(C2CC2)NC(=O)N(CC(=O)OCC(=O)NC2CCCCCCC2)C1=O. The van der Waals surface area contributed by atoms with Crippen molar-refractivity contribution in [1.82, 2.24) is 15.5 Å². The van der Waals surface area contributed by atoms with E-state index < -0.39 is 36.6 Å². The maximum Gasteiger partial charge on any atom is 0.326 e. The molecule has 8 nitrogen and oxygen atoms in total. The van der Waals surface area contributed by atoms with Crippen LogP contribution in [0.2, 0.25) is 0 Å². The molecule has 0 radical (unpaired) electrons. The molecule has 1 saturated heterocycles. The predicted octanol–water partition coefficient (Wildman–Crippen LogP) is 1.48. The molecule has 2 saturated carbocycles. The van der Waals surface area contributed by atoms with Crippen LogP contribution in [-0.2, 0) is 19.1 Å². The van der Waals surface area contributed by atoms with E-state index in [1.165, 1.54) is 19.3 Å². The molecule has 1 heterocycles. The van der Waals surface area contributed by atoms with E-state index in [0.717, 1.165) is 43.4 Å². The van der Waals surface area contributed by atoms with Crippen LogP contribution < -0.4 is 10.6 Å². The van der Waals surface area contributed by atoms with Gasteiger partial charge in [0.25, 0.3) is 11.8 Å². The van der Waals surface area contributed by atoms with Gasteiger partial charge in [0, 0.05) is 6.04 Å². The lowest BCUT2D eigenvalue weighted by Crippen LogP contribution is -2.46. The zero-order chi connectivity index (χ0) is 19.4. The standard InChI is InChI=1S/C19H29N3O5/c1-19(13-9-10-13)17(25)22(18(26)21-19)11-16(24)27-12-15(23)20-14-7-5-3-2-4-6-8-14/h13-14H,2-12H2,1H3,(H,20,23)(H,21,26). The Morgan fingerprint density at radius 1 is 1.11 bits per heavy atom. The van der Waals surface area contributed by atoms with Gasteiger partial charge in [-0.3, -0.25) is 19.3 Å². The van der Waals surface area contributed by atoms with Gasteiger partial charge < -0.3 is 15.4 Å². The number of nitrogens with zero attached hydrogens (tertiary/aromatic N) is 1. The highest BCUT2D eigenvalue weighted by Crippen LogP contribution is 2.42. The topological polar surface area (TPSA) is 105 Å². The number of nitrogens with one attached hydrogen (secondary N) is 2. The molecule has 4 amide bonds. The summed E-state index contributed by atoms with van der Waals surface area (Å²) < 4.78 is 4.98. The smallest absolute Gasteiger partial charge is 0.326 e. The van der Waals surface area contributed by atoms with Crippen LogP contribution in [0.5, 0.6) is 0 Å². The molecule has 150 valence electrons.